The van der Waals surface area contributed by atoms with Crippen LogP contribution in [0, 0.1) is 0 Å². The maximum atomic E-state index is 11.6. The lowest BCUT2D eigenvalue weighted by atomic mass is 10.1. The number of unbranched alkanes of at least 4 members (excludes halogenated alkanes) is 1. The highest BCUT2D eigenvalue weighted by atomic mass is 32.1. The van der Waals surface area contributed by atoms with Crippen LogP contribution < -0.4 is 11.1 Å². The number of carbonyl (C=O) groups is 2. The zero-order chi connectivity index (χ0) is 13.3. The molecular formula is C11H17N3O2S. The molecule has 5 nitrogen and oxygen atoms in total. The van der Waals surface area contributed by atoms with Crippen molar-refractivity contribution < 1.29 is 9.59 Å². The SMILES string of the molecule is C=O.CCC/C=C(\C(=O)NC)c1csc(N)n1. The van der Waals surface area contributed by atoms with E-state index < -0.39 is 0 Å². The van der Waals surface area contributed by atoms with E-state index in [4.69, 9.17) is 10.5 Å². The second-order valence-corrected chi connectivity index (χ2v) is 3.95. The van der Waals surface area contributed by atoms with E-state index in [-0.39, 0.29) is 5.91 Å². The van der Waals surface area contributed by atoms with Crippen molar-refractivity contribution in [2.75, 3.05) is 12.8 Å². The van der Waals surface area contributed by atoms with Crippen molar-refractivity contribution in [3.05, 3.63) is 17.2 Å². The molecule has 0 spiro atoms. The summed E-state index contributed by atoms with van der Waals surface area (Å²) >= 11 is 1.34. The van der Waals surface area contributed by atoms with Crippen LogP contribution in [-0.2, 0) is 9.59 Å². The van der Waals surface area contributed by atoms with Crippen LogP contribution in [0.1, 0.15) is 25.5 Å². The number of amides is 1. The van der Waals surface area contributed by atoms with Crippen molar-refractivity contribution in [2.24, 2.45) is 0 Å². The highest BCUT2D eigenvalue weighted by Crippen LogP contribution is 2.20. The lowest BCUT2D eigenvalue weighted by molar-refractivity contribution is -0.115. The molecule has 0 aliphatic rings. The van der Waals surface area contributed by atoms with Crippen LogP contribution >= 0.6 is 11.3 Å². The van der Waals surface area contributed by atoms with Crippen molar-refractivity contribution in [3.8, 4) is 0 Å². The van der Waals surface area contributed by atoms with Crippen LogP contribution in [0.2, 0.25) is 0 Å². The fraction of sp³-hybridized carbons (Fsp3) is 0.364. The average molecular weight is 255 g/mol. The summed E-state index contributed by atoms with van der Waals surface area (Å²) in [4.78, 5) is 23.7. The van der Waals surface area contributed by atoms with E-state index in [0.717, 1.165) is 12.8 Å². The Morgan fingerprint density at radius 2 is 2.29 bits per heavy atom. The molecule has 0 fully saturated rings. The number of allylic oxidation sites excluding steroid dienone is 1. The predicted molar refractivity (Wildman–Crippen MR) is 70.6 cm³/mol. The van der Waals surface area contributed by atoms with Gasteiger partial charge in [-0.25, -0.2) is 4.98 Å². The van der Waals surface area contributed by atoms with Crippen LogP contribution in [0.15, 0.2) is 11.5 Å². The largest absolute Gasteiger partial charge is 0.375 e. The number of hydrogen-bond donors (Lipinski definition) is 2. The molecule has 3 N–H and O–H groups in total. The highest BCUT2D eigenvalue weighted by molar-refractivity contribution is 7.13. The number of thiazole rings is 1. The highest BCUT2D eigenvalue weighted by Gasteiger charge is 2.12. The quantitative estimate of drug-likeness (QED) is 0.798. The molecule has 1 aromatic rings. The van der Waals surface area contributed by atoms with Crippen LogP contribution in [-0.4, -0.2) is 24.7 Å². The fourth-order valence-electron chi connectivity index (χ4n) is 1.15. The van der Waals surface area contributed by atoms with Crippen LogP contribution in [0.5, 0.6) is 0 Å². The fourth-order valence-corrected chi connectivity index (χ4v) is 1.71. The number of nitrogen functional groups attached to an aromatic ring is 1. The number of hydrogen-bond acceptors (Lipinski definition) is 5. The molecule has 1 heterocycles. The van der Waals surface area contributed by atoms with Crippen LogP contribution in [0.25, 0.3) is 5.57 Å². The van der Waals surface area contributed by atoms with E-state index in [9.17, 15) is 4.79 Å². The number of nitrogens with two attached hydrogens (primary N) is 1. The van der Waals surface area contributed by atoms with Gasteiger partial charge in [-0.2, -0.15) is 0 Å². The van der Waals surface area contributed by atoms with Gasteiger partial charge in [-0.3, -0.25) is 4.79 Å². The van der Waals surface area contributed by atoms with Gasteiger partial charge in [-0.1, -0.05) is 19.4 Å². The molecule has 17 heavy (non-hydrogen) atoms. The number of carbonyl (C=O) groups excluding carboxylic acids is 2. The molecule has 0 radical (unpaired) electrons. The number of nitrogens with zero attached hydrogens (tertiary/aromatic N) is 1. The lowest BCUT2D eigenvalue weighted by Gasteiger charge is -2.02. The van der Waals surface area contributed by atoms with Gasteiger partial charge in [-0.15, -0.1) is 11.3 Å². The molecule has 94 valence electrons. The summed E-state index contributed by atoms with van der Waals surface area (Å²) in [6.07, 6.45) is 3.76. The summed E-state index contributed by atoms with van der Waals surface area (Å²) in [6.45, 7) is 4.06. The Bertz CT molecular complexity index is 388. The Morgan fingerprint density at radius 3 is 2.71 bits per heavy atom. The third kappa shape index (κ3) is 4.78. The van der Waals surface area contributed by atoms with E-state index in [1.165, 1.54) is 11.3 Å². The van der Waals surface area contributed by atoms with Crippen molar-refractivity contribution in [1.29, 1.82) is 0 Å². The molecule has 0 unspecified atom stereocenters. The molecule has 0 aliphatic heterocycles. The minimum absolute atomic E-state index is 0.117. The van der Waals surface area contributed by atoms with Gasteiger partial charge in [0.1, 0.15) is 6.79 Å². The van der Waals surface area contributed by atoms with Crippen molar-refractivity contribution >= 4 is 34.7 Å². The zero-order valence-electron chi connectivity index (χ0n) is 10.0. The normalized spacial score (nSPS) is 10.4. The van der Waals surface area contributed by atoms with Crippen molar-refractivity contribution in [1.82, 2.24) is 10.3 Å². The Morgan fingerprint density at radius 1 is 1.65 bits per heavy atom. The molecule has 1 rings (SSSR count). The first-order valence-electron chi connectivity index (χ1n) is 5.11. The number of aromatic nitrogens is 1. The van der Waals surface area contributed by atoms with E-state index in [1.807, 2.05) is 12.9 Å². The Hall–Kier alpha value is -1.69. The summed E-state index contributed by atoms with van der Waals surface area (Å²) < 4.78 is 0. The monoisotopic (exact) mass is 255 g/mol. The molecule has 0 aliphatic carbocycles. The maximum Gasteiger partial charge on any atom is 0.252 e. The smallest absolute Gasteiger partial charge is 0.252 e. The molecule has 0 saturated carbocycles. The first-order chi connectivity index (χ1) is 8.19. The Kier molecular flexibility index (Phi) is 7.62. The minimum Gasteiger partial charge on any atom is -0.375 e. The van der Waals surface area contributed by atoms with Crippen LogP contribution in [0.3, 0.4) is 0 Å². The van der Waals surface area contributed by atoms with E-state index >= 15 is 0 Å². The predicted octanol–water partition coefficient (Wildman–Crippen LogP) is 1.47. The molecular weight excluding hydrogens is 238 g/mol. The molecule has 0 bridgehead atoms. The van der Waals surface area contributed by atoms with Gasteiger partial charge >= 0.3 is 0 Å². The standard InChI is InChI=1S/C10H15N3OS.CH2O/c1-3-4-5-7(9(14)12-2)8-6-15-10(11)13-8;1-2/h5-6H,3-4H2,1-2H3,(H2,11,13)(H,12,14);1H2/b7-5-;. The van der Waals surface area contributed by atoms with Gasteiger partial charge < -0.3 is 15.8 Å². The zero-order valence-corrected chi connectivity index (χ0v) is 10.8. The Labute approximate surface area is 105 Å². The van der Waals surface area contributed by atoms with Gasteiger partial charge in [0.05, 0.1) is 11.3 Å². The average Bonchev–Trinajstić information content (AvgIpc) is 2.78. The van der Waals surface area contributed by atoms with Gasteiger partial charge in [0.2, 0.25) is 0 Å². The Balaban J connectivity index is 0.00000121. The number of anilines is 1. The first-order valence-corrected chi connectivity index (χ1v) is 5.99. The van der Waals surface area contributed by atoms with Crippen molar-refractivity contribution in [3.63, 3.8) is 0 Å². The van der Waals surface area contributed by atoms with E-state index in [1.54, 1.807) is 12.4 Å². The van der Waals surface area contributed by atoms with Gasteiger partial charge in [-0.05, 0) is 6.42 Å². The summed E-state index contributed by atoms with van der Waals surface area (Å²) in [5.41, 5.74) is 6.80. The summed E-state index contributed by atoms with van der Waals surface area (Å²) in [6, 6.07) is 0. The van der Waals surface area contributed by atoms with Gasteiger partial charge in [0.15, 0.2) is 5.13 Å². The number of nitrogens with one attached hydrogen (secondary N) is 1. The third-order valence-electron chi connectivity index (χ3n) is 1.91. The summed E-state index contributed by atoms with van der Waals surface area (Å²) in [5, 5.41) is 4.88. The second-order valence-electron chi connectivity index (χ2n) is 3.06. The molecule has 1 aromatic heterocycles. The minimum atomic E-state index is -0.117. The molecule has 6 heteroatoms. The second kappa shape index (κ2) is 8.46. The van der Waals surface area contributed by atoms with Crippen LogP contribution in [0.4, 0.5) is 5.13 Å². The lowest BCUT2D eigenvalue weighted by Crippen LogP contribution is -2.19. The molecule has 0 aromatic carbocycles. The number of rotatable bonds is 4. The first kappa shape index (κ1) is 15.3. The number of likely N-dealkylation sites (N-methyl/N-ethyl adjacent to an activating group) is 1. The molecule has 1 amide bonds. The molecule has 0 saturated heterocycles. The third-order valence-corrected chi connectivity index (χ3v) is 2.58. The topological polar surface area (TPSA) is 85.1 Å². The van der Waals surface area contributed by atoms with E-state index in [0.29, 0.717) is 16.4 Å². The maximum absolute atomic E-state index is 11.6. The summed E-state index contributed by atoms with van der Waals surface area (Å²) in [7, 11) is 1.61. The van der Waals surface area contributed by atoms with Crippen molar-refractivity contribution in [2.45, 2.75) is 19.8 Å². The van der Waals surface area contributed by atoms with E-state index in [2.05, 4.69) is 17.2 Å². The van der Waals surface area contributed by atoms with Gasteiger partial charge in [0.25, 0.3) is 5.91 Å². The summed E-state index contributed by atoms with van der Waals surface area (Å²) in [5.74, 6) is -0.117. The van der Waals surface area contributed by atoms with Gasteiger partial charge in [0, 0.05) is 12.4 Å². The molecule has 0 atom stereocenters.